The van der Waals surface area contributed by atoms with Crippen molar-refractivity contribution in [2.45, 2.75) is 13.5 Å². The second-order valence-electron chi connectivity index (χ2n) is 8.15. The molecule has 1 saturated heterocycles. The van der Waals surface area contributed by atoms with Crippen LogP contribution in [0.4, 0.5) is 0 Å². The van der Waals surface area contributed by atoms with E-state index in [1.165, 1.54) is 14.0 Å². The highest BCUT2D eigenvalue weighted by molar-refractivity contribution is 8.26. The fourth-order valence-electron chi connectivity index (χ4n) is 3.90. The van der Waals surface area contributed by atoms with Crippen molar-refractivity contribution >= 4 is 46.1 Å². The van der Waals surface area contributed by atoms with E-state index in [1.54, 1.807) is 30.3 Å². The molecular formula is C27H21N3O5S2. The van der Waals surface area contributed by atoms with E-state index in [4.69, 9.17) is 17.0 Å². The Morgan fingerprint density at radius 2 is 1.84 bits per heavy atom. The van der Waals surface area contributed by atoms with Crippen LogP contribution >= 0.6 is 24.0 Å². The van der Waals surface area contributed by atoms with Crippen molar-refractivity contribution in [1.82, 2.24) is 9.47 Å². The van der Waals surface area contributed by atoms with Gasteiger partial charge in [0.1, 0.15) is 21.7 Å². The molecular weight excluding hydrogens is 510 g/mol. The molecule has 1 aromatic heterocycles. The van der Waals surface area contributed by atoms with E-state index in [2.05, 4.69) is 0 Å². The molecule has 1 amide bonds. The van der Waals surface area contributed by atoms with E-state index in [9.17, 15) is 24.8 Å². The van der Waals surface area contributed by atoms with E-state index in [0.29, 0.717) is 16.2 Å². The number of nitriles is 1. The van der Waals surface area contributed by atoms with Crippen molar-refractivity contribution in [3.63, 3.8) is 0 Å². The van der Waals surface area contributed by atoms with Crippen LogP contribution in [0.1, 0.15) is 32.6 Å². The highest BCUT2D eigenvalue weighted by atomic mass is 32.2. The minimum Gasteiger partial charge on any atom is -0.497 e. The number of benzene rings is 2. The number of Topliss-reactive ketones (excluding diaryl/α,β-unsaturated/α-hetero) is 1. The highest BCUT2D eigenvalue weighted by Gasteiger charge is 2.35. The van der Waals surface area contributed by atoms with E-state index in [-0.39, 0.29) is 27.6 Å². The summed E-state index contributed by atoms with van der Waals surface area (Å²) < 4.78 is 6.31. The second kappa shape index (κ2) is 10.8. The molecule has 0 unspecified atom stereocenters. The largest absolute Gasteiger partial charge is 0.497 e. The van der Waals surface area contributed by atoms with Crippen LogP contribution in [0.3, 0.4) is 0 Å². The number of amides is 1. The summed E-state index contributed by atoms with van der Waals surface area (Å²) in [5.74, 6) is -1.04. The Balaban J connectivity index is 1.67. The van der Waals surface area contributed by atoms with Crippen LogP contribution in [-0.4, -0.2) is 44.2 Å². The number of thioether (sulfide) groups is 1. The first-order valence-corrected chi connectivity index (χ1v) is 12.3. The minimum absolute atomic E-state index is 0.0475. The van der Waals surface area contributed by atoms with Crippen LogP contribution in [-0.2, 0) is 11.3 Å². The minimum atomic E-state index is -0.721. The van der Waals surface area contributed by atoms with E-state index >= 15 is 0 Å². The lowest BCUT2D eigenvalue weighted by molar-refractivity contribution is -0.121. The maximum Gasteiger partial charge on any atom is 0.271 e. The molecule has 8 nitrogen and oxygen atoms in total. The van der Waals surface area contributed by atoms with Gasteiger partial charge in [0, 0.05) is 0 Å². The molecule has 186 valence electrons. The van der Waals surface area contributed by atoms with Crippen LogP contribution in [0, 0.1) is 18.3 Å². The summed E-state index contributed by atoms with van der Waals surface area (Å²) in [6, 6.07) is 17.9. The molecule has 1 aliphatic heterocycles. The third-order valence-corrected chi connectivity index (χ3v) is 7.23. The van der Waals surface area contributed by atoms with Crippen molar-refractivity contribution in [3.05, 3.63) is 97.7 Å². The molecule has 3 aromatic rings. The normalized spacial score (nSPS) is 14.2. The van der Waals surface area contributed by atoms with Crippen LogP contribution in [0.15, 0.2) is 64.3 Å². The molecule has 1 fully saturated rings. The van der Waals surface area contributed by atoms with E-state index < -0.39 is 29.7 Å². The third kappa shape index (κ3) is 5.18. The number of nitrogens with zero attached hydrogens (tertiary/aromatic N) is 3. The number of carbonyl (C=O) groups is 2. The Bertz CT molecular complexity index is 1540. The summed E-state index contributed by atoms with van der Waals surface area (Å²) in [5, 5.41) is 20.6. The van der Waals surface area contributed by atoms with E-state index in [0.717, 1.165) is 26.8 Å². The summed E-state index contributed by atoms with van der Waals surface area (Å²) in [6.45, 7) is 0.895. The average Bonchev–Trinajstić information content (AvgIpc) is 3.15. The SMILES string of the molecule is COc1ccc(Cn2c(O)c(C(=O)CN3C(=O)/C(=C/c4ccccc4)SC3=S)c(C)c(C#N)c2=O)cc1. The standard InChI is InChI=1S/C27H21N3O5S2/c1-16-20(13-28)24(32)29(14-18-8-10-19(35-2)11-9-18)26(34)23(16)21(31)15-30-25(33)22(37-27(30)36)12-17-6-4-3-5-7-17/h3-12,34H,14-15H2,1-2H3/b22-12-. The number of hydrogen-bond donors (Lipinski definition) is 1. The summed E-state index contributed by atoms with van der Waals surface area (Å²) in [4.78, 5) is 40.9. The number of ether oxygens (including phenoxy) is 1. The lowest BCUT2D eigenvalue weighted by Gasteiger charge is -2.18. The molecule has 2 heterocycles. The van der Waals surface area contributed by atoms with Crippen molar-refractivity contribution in [2.24, 2.45) is 0 Å². The van der Waals surface area contributed by atoms with Crippen molar-refractivity contribution in [3.8, 4) is 17.7 Å². The molecule has 1 N–H and O–H groups in total. The van der Waals surface area contributed by atoms with E-state index in [1.807, 2.05) is 36.4 Å². The van der Waals surface area contributed by atoms with Gasteiger partial charge in [0.25, 0.3) is 11.5 Å². The van der Waals surface area contributed by atoms with Gasteiger partial charge >= 0.3 is 0 Å². The van der Waals surface area contributed by atoms with Gasteiger partial charge in [-0.1, -0.05) is 66.4 Å². The number of hydrogen-bond acceptors (Lipinski definition) is 8. The third-order valence-electron chi connectivity index (χ3n) is 5.85. The summed E-state index contributed by atoms with van der Waals surface area (Å²) >= 11 is 6.42. The Hall–Kier alpha value is -4.20. The number of rotatable bonds is 7. The number of ketones is 1. The van der Waals surface area contributed by atoms with Crippen LogP contribution in [0.5, 0.6) is 11.6 Å². The molecule has 10 heteroatoms. The van der Waals surface area contributed by atoms with Gasteiger partial charge in [-0.25, -0.2) is 0 Å². The fraction of sp³-hybridized carbons (Fsp3) is 0.148. The number of carbonyl (C=O) groups excluding carboxylic acids is 2. The van der Waals surface area contributed by atoms with Gasteiger partial charge in [-0.2, -0.15) is 5.26 Å². The number of aromatic nitrogens is 1. The Kier molecular flexibility index (Phi) is 7.57. The van der Waals surface area contributed by atoms with Gasteiger partial charge in [-0.3, -0.25) is 23.9 Å². The van der Waals surface area contributed by atoms with Gasteiger partial charge in [-0.15, -0.1) is 0 Å². The van der Waals surface area contributed by atoms with Crippen LogP contribution in [0.2, 0.25) is 0 Å². The van der Waals surface area contributed by atoms with Gasteiger partial charge in [0.15, 0.2) is 5.78 Å². The summed E-state index contributed by atoms with van der Waals surface area (Å²) in [5.41, 5.74) is 0.321. The van der Waals surface area contributed by atoms with Crippen molar-refractivity contribution in [1.29, 1.82) is 5.26 Å². The lowest BCUT2D eigenvalue weighted by Crippen LogP contribution is -2.35. The molecule has 4 rings (SSSR count). The summed E-state index contributed by atoms with van der Waals surface area (Å²) in [7, 11) is 1.53. The zero-order chi connectivity index (χ0) is 26.7. The fourth-order valence-corrected chi connectivity index (χ4v) is 5.16. The predicted molar refractivity (Wildman–Crippen MR) is 145 cm³/mol. The van der Waals surface area contributed by atoms with Gasteiger partial charge in [-0.05, 0) is 41.8 Å². The van der Waals surface area contributed by atoms with Gasteiger partial charge < -0.3 is 9.84 Å². The maximum atomic E-state index is 13.4. The Morgan fingerprint density at radius 3 is 2.46 bits per heavy atom. The number of thiocarbonyl (C=S) groups is 1. The topological polar surface area (TPSA) is 113 Å². The zero-order valence-electron chi connectivity index (χ0n) is 19.9. The molecule has 0 atom stereocenters. The Labute approximate surface area is 222 Å². The van der Waals surface area contributed by atoms with Crippen LogP contribution < -0.4 is 10.3 Å². The number of aromatic hydroxyl groups is 1. The second-order valence-corrected chi connectivity index (χ2v) is 9.83. The number of methoxy groups -OCH3 is 1. The molecule has 0 radical (unpaired) electrons. The highest BCUT2D eigenvalue weighted by Crippen LogP contribution is 2.33. The smallest absolute Gasteiger partial charge is 0.271 e. The van der Waals surface area contributed by atoms with Gasteiger partial charge in [0.05, 0.1) is 30.7 Å². The molecule has 0 saturated carbocycles. The molecule has 37 heavy (non-hydrogen) atoms. The first-order valence-electron chi connectivity index (χ1n) is 11.1. The summed E-state index contributed by atoms with van der Waals surface area (Å²) in [6.07, 6.45) is 1.69. The van der Waals surface area contributed by atoms with Gasteiger partial charge in [0.2, 0.25) is 5.88 Å². The molecule has 0 aliphatic carbocycles. The first kappa shape index (κ1) is 25.9. The molecule has 1 aliphatic rings. The number of pyridine rings is 1. The van der Waals surface area contributed by atoms with Crippen molar-refractivity contribution < 1.29 is 19.4 Å². The predicted octanol–water partition coefficient (Wildman–Crippen LogP) is 3.88. The Morgan fingerprint density at radius 1 is 1.16 bits per heavy atom. The molecule has 0 bridgehead atoms. The lowest BCUT2D eigenvalue weighted by atomic mass is 10.0. The molecule has 2 aromatic carbocycles. The quantitative estimate of drug-likeness (QED) is 0.278. The van der Waals surface area contributed by atoms with Crippen LogP contribution in [0.25, 0.3) is 6.08 Å². The van der Waals surface area contributed by atoms with Crippen molar-refractivity contribution in [2.75, 3.05) is 13.7 Å². The average molecular weight is 532 g/mol. The first-order chi connectivity index (χ1) is 17.7. The zero-order valence-corrected chi connectivity index (χ0v) is 21.6. The monoisotopic (exact) mass is 531 g/mol. The molecule has 0 spiro atoms. The maximum absolute atomic E-state index is 13.4.